The van der Waals surface area contributed by atoms with E-state index in [4.69, 9.17) is 10.5 Å². The second-order valence-corrected chi connectivity index (χ2v) is 5.32. The number of amides is 1. The van der Waals surface area contributed by atoms with E-state index in [-0.39, 0.29) is 11.9 Å². The van der Waals surface area contributed by atoms with Crippen LogP contribution in [-0.4, -0.2) is 18.1 Å². The lowest BCUT2D eigenvalue weighted by Crippen LogP contribution is -2.41. The third-order valence-corrected chi connectivity index (χ3v) is 3.23. The summed E-state index contributed by atoms with van der Waals surface area (Å²) in [7, 11) is 0. The summed E-state index contributed by atoms with van der Waals surface area (Å²) in [5.74, 6) is 0.576. The molecule has 116 valence electrons. The smallest absolute Gasteiger partial charge is 0.260 e. The Hall–Kier alpha value is -1.97. The van der Waals surface area contributed by atoms with Gasteiger partial charge in [-0.05, 0) is 50.5 Å². The lowest BCUT2D eigenvalue weighted by Gasteiger charge is -2.20. The Kier molecular flexibility index (Phi) is 6.79. The van der Waals surface area contributed by atoms with Gasteiger partial charge in [0.05, 0.1) is 0 Å². The predicted molar refractivity (Wildman–Crippen MR) is 87.4 cm³/mol. The van der Waals surface area contributed by atoms with Gasteiger partial charge in [0.25, 0.3) is 5.91 Å². The van der Waals surface area contributed by atoms with Crippen molar-refractivity contribution in [3.63, 3.8) is 0 Å². The van der Waals surface area contributed by atoms with E-state index in [0.29, 0.717) is 17.9 Å². The Morgan fingerprint density at radius 1 is 1.48 bits per heavy atom. The molecule has 0 aromatic heterocycles. The number of anilines is 1. The molecule has 3 N–H and O–H groups in total. The third-order valence-electron chi connectivity index (χ3n) is 3.23. The lowest BCUT2D eigenvalue weighted by atomic mass is 10.1. The zero-order chi connectivity index (χ0) is 15.8. The molecule has 1 amide bonds. The highest BCUT2D eigenvalue weighted by atomic mass is 16.5. The molecule has 21 heavy (non-hydrogen) atoms. The Morgan fingerprint density at radius 3 is 2.81 bits per heavy atom. The van der Waals surface area contributed by atoms with E-state index < -0.39 is 6.10 Å². The molecule has 0 spiro atoms. The van der Waals surface area contributed by atoms with Crippen LogP contribution >= 0.6 is 0 Å². The molecule has 0 aliphatic carbocycles. The molecule has 0 bridgehead atoms. The highest BCUT2D eigenvalue weighted by Gasteiger charge is 2.17. The zero-order valence-corrected chi connectivity index (χ0v) is 13.2. The van der Waals surface area contributed by atoms with Gasteiger partial charge >= 0.3 is 0 Å². The Morgan fingerprint density at radius 2 is 2.19 bits per heavy atom. The van der Waals surface area contributed by atoms with E-state index in [9.17, 15) is 4.79 Å². The van der Waals surface area contributed by atoms with E-state index in [2.05, 4.69) is 18.8 Å². The van der Waals surface area contributed by atoms with E-state index >= 15 is 0 Å². The van der Waals surface area contributed by atoms with Gasteiger partial charge in [-0.25, -0.2) is 0 Å². The summed E-state index contributed by atoms with van der Waals surface area (Å²) in [4.78, 5) is 12.1. The Balaban J connectivity index is 2.71. The summed E-state index contributed by atoms with van der Waals surface area (Å²) < 4.78 is 5.78. The van der Waals surface area contributed by atoms with Crippen LogP contribution in [0.5, 0.6) is 5.75 Å². The van der Waals surface area contributed by atoms with Crippen molar-refractivity contribution in [1.29, 1.82) is 0 Å². The van der Waals surface area contributed by atoms with Crippen molar-refractivity contribution in [1.82, 2.24) is 5.32 Å². The minimum absolute atomic E-state index is 0.0997. The molecule has 0 saturated heterocycles. The summed E-state index contributed by atoms with van der Waals surface area (Å²) in [5.41, 5.74) is 7.39. The summed E-state index contributed by atoms with van der Waals surface area (Å²) in [6, 6.07) is 5.58. The van der Waals surface area contributed by atoms with Gasteiger partial charge in [-0.3, -0.25) is 4.79 Å². The van der Waals surface area contributed by atoms with Crippen molar-refractivity contribution in [2.24, 2.45) is 0 Å². The summed E-state index contributed by atoms with van der Waals surface area (Å²) in [5, 5.41) is 2.95. The maximum atomic E-state index is 12.1. The first-order valence-electron chi connectivity index (χ1n) is 7.44. The second kappa shape index (κ2) is 8.35. The van der Waals surface area contributed by atoms with Crippen molar-refractivity contribution in [3.8, 4) is 5.75 Å². The number of hydrogen-bond donors (Lipinski definition) is 2. The van der Waals surface area contributed by atoms with Crippen molar-refractivity contribution >= 4 is 11.6 Å². The molecule has 2 unspecified atom stereocenters. The van der Waals surface area contributed by atoms with Gasteiger partial charge in [0.1, 0.15) is 5.75 Å². The fraction of sp³-hybridized carbons (Fsp3) is 0.471. The highest BCUT2D eigenvalue weighted by Crippen LogP contribution is 2.23. The standard InChI is InChI=1S/C17H26N2O2/c1-5-7-12(3)19-17(20)13(4)21-16-10-9-15(18)11-14(16)8-6-2/h6,9-13H,2,5,7-8,18H2,1,3-4H3,(H,19,20). The van der Waals surface area contributed by atoms with Crippen LogP contribution in [0.2, 0.25) is 0 Å². The van der Waals surface area contributed by atoms with E-state index in [1.807, 2.05) is 13.0 Å². The number of allylic oxidation sites excluding steroid dienone is 1. The van der Waals surface area contributed by atoms with E-state index in [0.717, 1.165) is 18.4 Å². The molecule has 1 aromatic carbocycles. The maximum Gasteiger partial charge on any atom is 0.260 e. The molecule has 2 atom stereocenters. The van der Waals surface area contributed by atoms with Gasteiger partial charge < -0.3 is 15.8 Å². The lowest BCUT2D eigenvalue weighted by molar-refractivity contribution is -0.127. The molecule has 0 saturated carbocycles. The molecule has 1 rings (SSSR count). The molecule has 0 heterocycles. The SMILES string of the molecule is C=CCc1cc(N)ccc1OC(C)C(=O)NC(C)CCC. The average Bonchev–Trinajstić information content (AvgIpc) is 2.42. The van der Waals surface area contributed by atoms with Crippen LogP contribution in [-0.2, 0) is 11.2 Å². The van der Waals surface area contributed by atoms with E-state index in [1.165, 1.54) is 0 Å². The van der Waals surface area contributed by atoms with Gasteiger partial charge in [-0.1, -0.05) is 19.4 Å². The fourth-order valence-electron chi connectivity index (χ4n) is 2.14. The molecular formula is C17H26N2O2. The zero-order valence-electron chi connectivity index (χ0n) is 13.2. The quantitative estimate of drug-likeness (QED) is 0.571. The van der Waals surface area contributed by atoms with E-state index in [1.54, 1.807) is 25.1 Å². The van der Waals surface area contributed by atoms with Gasteiger partial charge in [-0.15, -0.1) is 6.58 Å². The number of hydrogen-bond acceptors (Lipinski definition) is 3. The monoisotopic (exact) mass is 290 g/mol. The van der Waals surface area contributed by atoms with Crippen LogP contribution in [0, 0.1) is 0 Å². The van der Waals surface area contributed by atoms with Crippen LogP contribution in [0.25, 0.3) is 0 Å². The van der Waals surface area contributed by atoms with Crippen LogP contribution < -0.4 is 15.8 Å². The van der Waals surface area contributed by atoms with Crippen molar-refractivity contribution in [2.75, 3.05) is 5.73 Å². The first-order chi connectivity index (χ1) is 9.97. The Bertz CT molecular complexity index is 486. The highest BCUT2D eigenvalue weighted by molar-refractivity contribution is 5.81. The number of ether oxygens (including phenoxy) is 1. The summed E-state index contributed by atoms with van der Waals surface area (Å²) in [6.45, 7) is 9.57. The normalized spacial score (nSPS) is 13.3. The molecule has 0 aliphatic rings. The number of nitrogens with two attached hydrogens (primary N) is 1. The number of benzene rings is 1. The van der Waals surface area contributed by atoms with Crippen LogP contribution in [0.3, 0.4) is 0 Å². The summed E-state index contributed by atoms with van der Waals surface area (Å²) in [6.07, 6.45) is 3.90. The number of nitrogen functional groups attached to an aromatic ring is 1. The first-order valence-corrected chi connectivity index (χ1v) is 7.44. The fourth-order valence-corrected chi connectivity index (χ4v) is 2.14. The number of carbonyl (C=O) groups is 1. The minimum Gasteiger partial charge on any atom is -0.481 e. The molecule has 1 aromatic rings. The number of carbonyl (C=O) groups excluding carboxylic acids is 1. The van der Waals surface area contributed by atoms with Gasteiger partial charge in [0, 0.05) is 11.7 Å². The minimum atomic E-state index is -0.545. The number of rotatable bonds is 8. The van der Waals surface area contributed by atoms with Crippen LogP contribution in [0.4, 0.5) is 5.69 Å². The second-order valence-electron chi connectivity index (χ2n) is 5.32. The topological polar surface area (TPSA) is 64.3 Å². The van der Waals surface area contributed by atoms with Gasteiger partial charge in [-0.2, -0.15) is 0 Å². The van der Waals surface area contributed by atoms with Gasteiger partial charge in [0.15, 0.2) is 6.10 Å². The van der Waals surface area contributed by atoms with Crippen LogP contribution in [0.1, 0.15) is 39.2 Å². The van der Waals surface area contributed by atoms with Crippen molar-refractivity contribution in [2.45, 2.75) is 52.2 Å². The van der Waals surface area contributed by atoms with Gasteiger partial charge in [0.2, 0.25) is 0 Å². The number of nitrogens with one attached hydrogen (secondary N) is 1. The summed E-state index contributed by atoms with van der Waals surface area (Å²) >= 11 is 0. The Labute approximate surface area is 127 Å². The molecule has 0 fully saturated rings. The largest absolute Gasteiger partial charge is 0.481 e. The maximum absolute atomic E-state index is 12.1. The van der Waals surface area contributed by atoms with Crippen LogP contribution in [0.15, 0.2) is 30.9 Å². The molecule has 0 aliphatic heterocycles. The first kappa shape index (κ1) is 17.1. The molecule has 0 radical (unpaired) electrons. The van der Waals surface area contributed by atoms with Crippen molar-refractivity contribution in [3.05, 3.63) is 36.4 Å². The average molecular weight is 290 g/mol. The molecular weight excluding hydrogens is 264 g/mol. The van der Waals surface area contributed by atoms with Crippen molar-refractivity contribution < 1.29 is 9.53 Å². The third kappa shape index (κ3) is 5.50. The molecule has 4 nitrogen and oxygen atoms in total. The molecule has 4 heteroatoms. The predicted octanol–water partition coefficient (Wildman–Crippen LogP) is 3.07.